The van der Waals surface area contributed by atoms with Crippen LogP contribution in [0.3, 0.4) is 0 Å². The van der Waals surface area contributed by atoms with E-state index in [9.17, 15) is 0 Å². The number of hydrogen-bond donors (Lipinski definition) is 4. The Morgan fingerprint density at radius 3 is 1.00 bits per heavy atom. The van der Waals surface area contributed by atoms with Crippen molar-refractivity contribution in [1.82, 2.24) is 31.2 Å². The Bertz CT molecular complexity index is 1330. The quantitative estimate of drug-likeness (QED) is 0.147. The Hall–Kier alpha value is -3.00. The normalized spacial score (nSPS) is 14.8. The molecule has 0 spiro atoms. The number of piperidine rings is 1. The molecule has 3 aromatic heterocycles. The SMILES string of the molecule is C1CCNCC1.C1CCOCC1.C1CNCCN1.C1COCCN1.CC.CC.CC.CC.CC.CC.CC(C)(C)C.CC(C)C.CC1CC1.CC1CCCCC1.CCC.CCC1CC1.COC.Cc1ccccc1.Cc1ccccn1.c1ccoc1.c1cscn1. The molecule has 7 heterocycles. The van der Waals surface area contributed by atoms with Crippen LogP contribution in [0.5, 0.6) is 0 Å². The predicted octanol–water partition coefficient (Wildman–Crippen LogP) is 23.9. The predicted molar refractivity (Wildman–Crippen MR) is 418 cm³/mol. The van der Waals surface area contributed by atoms with Gasteiger partial charge in [0.1, 0.15) is 0 Å². The number of aromatic nitrogens is 2. The van der Waals surface area contributed by atoms with Crippen molar-refractivity contribution in [2.24, 2.45) is 29.1 Å². The standard InChI is InChI=1S/C7H14.C7H8.C6H7N.C5H11N.C5H10O.C5H10.C5H12.C4H10N2.C4H9NO.C4H4O.C4H8.C4H10.C3H3NS.C3H8.C2H6O.6C2H6/c2*1-7-5-3-2-4-6-7;1-6-4-2-3-5-7-6;2*1-2-4-6-5-3-1;1-2-5-3-4-5;1-5(2,3)4;1-2-6-4-3-5-1;1-3-6-4-2-5-1;1-2-4-5-3-1;1-4-2-3-4;1-4(2)3;1-2-5-3-4-1;2*1-3-2;6*1-2/h7H,2-6H2,1H3;2-6H,1H3;2-5H,1H3;6H,1-5H2;1-5H2;5H,2-4H2,1H3;1-4H3;5-6H,1-4H2;5H,1-4H2;1-4H;4H,2-3H2,1H3;4H,1-3H3;1-3H;3H2,1-2H3;1-2H3;6*1-2H3. The van der Waals surface area contributed by atoms with Gasteiger partial charge in [-0.25, -0.2) is 0 Å². The number of rotatable bonds is 1. The highest BCUT2D eigenvalue weighted by Crippen LogP contribution is 2.31. The number of hydrogen-bond acceptors (Lipinski definition) is 11. The molecule has 7 fully saturated rings. The van der Waals surface area contributed by atoms with Gasteiger partial charge in [0.15, 0.2) is 0 Å². The van der Waals surface area contributed by atoms with E-state index in [0.29, 0.717) is 5.41 Å². The van der Waals surface area contributed by atoms with Gasteiger partial charge >= 0.3 is 0 Å². The summed E-state index contributed by atoms with van der Waals surface area (Å²) in [4.78, 5) is 7.72. The van der Waals surface area contributed by atoms with Gasteiger partial charge in [-0.3, -0.25) is 9.97 Å². The van der Waals surface area contributed by atoms with E-state index in [1.165, 1.54) is 128 Å². The van der Waals surface area contributed by atoms with Gasteiger partial charge < -0.3 is 39.9 Å². The van der Waals surface area contributed by atoms with Crippen LogP contribution in [0.4, 0.5) is 0 Å². The summed E-state index contributed by atoms with van der Waals surface area (Å²) in [5.74, 6) is 4.09. The third-order valence-corrected chi connectivity index (χ3v) is 11.2. The summed E-state index contributed by atoms with van der Waals surface area (Å²) < 4.78 is 18.9. The van der Waals surface area contributed by atoms with E-state index < -0.39 is 0 Å². The fourth-order valence-electron chi connectivity index (χ4n) is 5.99. The minimum atomic E-state index is 0.500. The first-order valence-electron chi connectivity index (χ1n) is 37.1. The monoisotopic (exact) mass is 1310 g/mol. The molecule has 3 aliphatic carbocycles. The van der Waals surface area contributed by atoms with Crippen molar-refractivity contribution < 1.29 is 18.6 Å². The van der Waals surface area contributed by atoms with E-state index in [1.807, 2.05) is 144 Å². The van der Waals surface area contributed by atoms with Gasteiger partial charge in [0.25, 0.3) is 0 Å². The number of benzene rings is 1. The molecule has 4 N–H and O–H groups in total. The van der Waals surface area contributed by atoms with Crippen molar-refractivity contribution in [3.05, 3.63) is 108 Å². The van der Waals surface area contributed by atoms with E-state index in [1.54, 1.807) is 56.0 Å². The zero-order chi connectivity index (χ0) is 71.6. The largest absolute Gasteiger partial charge is 0.473 e. The zero-order valence-corrected chi connectivity index (χ0v) is 67.3. The maximum Gasteiger partial charge on any atom is 0.0902 e. The number of methoxy groups -OCH3 is 1. The van der Waals surface area contributed by atoms with Crippen LogP contribution in [-0.2, 0) is 14.2 Å². The molecule has 3 saturated carbocycles. The lowest BCUT2D eigenvalue weighted by atomic mass is 9.91. The van der Waals surface area contributed by atoms with Gasteiger partial charge in [-0.05, 0) is 112 Å². The molecular weight excluding hydrogens is 1140 g/mol. The molecule has 0 unspecified atom stereocenters. The minimum Gasteiger partial charge on any atom is -0.473 e. The first kappa shape index (κ1) is 109. The molecule has 4 saturated heterocycles. The molecule has 11 rings (SSSR count). The van der Waals surface area contributed by atoms with Crippen molar-refractivity contribution in [2.45, 2.75) is 289 Å². The van der Waals surface area contributed by atoms with E-state index in [0.717, 1.165) is 95.1 Å². The molecule has 0 radical (unpaired) electrons. The zero-order valence-electron chi connectivity index (χ0n) is 66.5. The molecule has 10 nitrogen and oxygen atoms in total. The third-order valence-electron chi connectivity index (χ3n) is 10.6. The summed E-state index contributed by atoms with van der Waals surface area (Å²) in [5, 5.41) is 14.8. The molecule has 0 bridgehead atoms. The molecule has 7 aliphatic rings. The van der Waals surface area contributed by atoms with Gasteiger partial charge in [-0.1, -0.05) is 285 Å². The Labute approximate surface area is 577 Å². The molecule has 91 heavy (non-hydrogen) atoms. The van der Waals surface area contributed by atoms with Crippen molar-refractivity contribution >= 4 is 11.3 Å². The van der Waals surface area contributed by atoms with Crippen molar-refractivity contribution in [1.29, 1.82) is 0 Å². The Kier molecular flexibility index (Phi) is 131. The lowest BCUT2D eigenvalue weighted by molar-refractivity contribution is 0.0968. The number of aryl methyl sites for hydroxylation is 2. The number of nitrogens with zero attached hydrogens (tertiary/aromatic N) is 2. The fourth-order valence-corrected chi connectivity index (χ4v) is 6.34. The van der Waals surface area contributed by atoms with Crippen LogP contribution < -0.4 is 21.3 Å². The van der Waals surface area contributed by atoms with Crippen molar-refractivity contribution in [2.75, 3.05) is 93.0 Å². The van der Waals surface area contributed by atoms with Crippen LogP contribution >= 0.6 is 11.3 Å². The van der Waals surface area contributed by atoms with E-state index in [4.69, 9.17) is 9.47 Å². The summed E-state index contributed by atoms with van der Waals surface area (Å²) in [6, 6.07) is 19.8. The smallest absolute Gasteiger partial charge is 0.0902 e. The molecule has 0 atom stereocenters. The second-order valence-corrected chi connectivity index (χ2v) is 23.8. The molecular formula is C80H166N6O4S. The van der Waals surface area contributed by atoms with Gasteiger partial charge in [-0.15, -0.1) is 11.3 Å². The van der Waals surface area contributed by atoms with Crippen LogP contribution in [0.1, 0.15) is 287 Å². The number of furan rings is 1. The lowest BCUT2D eigenvalue weighted by Gasteiger charge is -2.15. The second-order valence-electron chi connectivity index (χ2n) is 23.1. The van der Waals surface area contributed by atoms with E-state index in [2.05, 4.69) is 143 Å². The fraction of sp³-hybridized carbons (Fsp3) is 0.775. The number of nitrogens with one attached hydrogen (secondary N) is 4. The molecule has 1 aromatic carbocycles. The van der Waals surface area contributed by atoms with Crippen molar-refractivity contribution in [3.63, 3.8) is 0 Å². The van der Waals surface area contributed by atoms with Crippen LogP contribution in [0.15, 0.2) is 101 Å². The van der Waals surface area contributed by atoms with Crippen LogP contribution in [0, 0.1) is 42.9 Å². The summed E-state index contributed by atoms with van der Waals surface area (Å²) >= 11 is 1.60. The van der Waals surface area contributed by atoms with Gasteiger partial charge in [0, 0.05) is 90.2 Å². The minimum absolute atomic E-state index is 0.500. The molecule has 4 aliphatic heterocycles. The maximum absolute atomic E-state index is 5.07. The summed E-state index contributed by atoms with van der Waals surface area (Å²) in [7, 11) is 3.25. The lowest BCUT2D eigenvalue weighted by Crippen LogP contribution is -2.39. The second kappa shape index (κ2) is 109. The number of morpholine rings is 1. The Morgan fingerprint density at radius 2 is 0.868 bits per heavy atom. The number of piperazine rings is 1. The molecule has 546 valence electrons. The van der Waals surface area contributed by atoms with Gasteiger partial charge in [0.2, 0.25) is 0 Å². The van der Waals surface area contributed by atoms with E-state index >= 15 is 0 Å². The summed E-state index contributed by atoms with van der Waals surface area (Å²) in [6.07, 6.45) is 31.0. The van der Waals surface area contributed by atoms with E-state index in [-0.39, 0.29) is 0 Å². The molecule has 0 amide bonds. The summed E-state index contributed by atoms with van der Waals surface area (Å²) in [6.45, 7) is 67.3. The Balaban J connectivity index is -0.0000000958. The molecule has 4 aromatic rings. The number of thiazole rings is 1. The van der Waals surface area contributed by atoms with Gasteiger partial charge in [0.05, 0.1) is 31.3 Å². The molecule has 11 heteroatoms. The highest BCUT2D eigenvalue weighted by molar-refractivity contribution is 7.07. The Morgan fingerprint density at radius 1 is 0.495 bits per heavy atom. The van der Waals surface area contributed by atoms with Crippen LogP contribution in [-0.4, -0.2) is 103 Å². The first-order chi connectivity index (χ1) is 44.1. The van der Waals surface area contributed by atoms with Crippen LogP contribution in [0.25, 0.3) is 0 Å². The average Bonchev–Trinajstić information content (AvgIpc) is 4.62. The number of pyridine rings is 1. The maximum atomic E-state index is 5.07. The topological polar surface area (TPSA) is 115 Å². The third kappa shape index (κ3) is 158. The van der Waals surface area contributed by atoms with Crippen molar-refractivity contribution in [3.8, 4) is 0 Å². The number of ether oxygens (including phenoxy) is 3. The van der Waals surface area contributed by atoms with Gasteiger partial charge in [-0.2, -0.15) is 0 Å². The summed E-state index contributed by atoms with van der Waals surface area (Å²) in [5.41, 5.74) is 4.69. The highest BCUT2D eigenvalue weighted by Gasteiger charge is 2.17. The van der Waals surface area contributed by atoms with Crippen LogP contribution in [0.2, 0.25) is 0 Å². The average molecular weight is 1310 g/mol. The highest BCUT2D eigenvalue weighted by atomic mass is 32.1. The first-order valence-corrected chi connectivity index (χ1v) is 38.1.